The van der Waals surface area contributed by atoms with Crippen LogP contribution in [-0.2, 0) is 9.53 Å². The van der Waals surface area contributed by atoms with Crippen LogP contribution in [0, 0.1) is 22.7 Å². The Bertz CT molecular complexity index is 321. The summed E-state index contributed by atoms with van der Waals surface area (Å²) < 4.78 is 5.29. The Hall–Kier alpha value is -1.08. The van der Waals surface area contributed by atoms with Crippen molar-refractivity contribution in [2.24, 2.45) is 11.3 Å². The van der Waals surface area contributed by atoms with Gasteiger partial charge < -0.3 is 10.1 Å². The second kappa shape index (κ2) is 6.19. The number of ether oxygens (including phenoxy) is 1. The van der Waals surface area contributed by atoms with Crippen LogP contribution in [0.5, 0.6) is 0 Å². The number of nitrogens with one attached hydrogen (secondary N) is 1. The molecule has 1 aliphatic heterocycles. The molecule has 0 spiro atoms. The van der Waals surface area contributed by atoms with Gasteiger partial charge in [-0.1, -0.05) is 25.7 Å². The maximum atomic E-state index is 12.3. The van der Waals surface area contributed by atoms with Gasteiger partial charge in [-0.2, -0.15) is 5.26 Å². The van der Waals surface area contributed by atoms with Gasteiger partial charge in [0.2, 0.25) is 5.91 Å². The quantitative estimate of drug-likeness (QED) is 0.779. The van der Waals surface area contributed by atoms with Crippen molar-refractivity contribution in [3.05, 3.63) is 0 Å². The SMILES string of the molecule is N#CC1(C(=O)NCC2CCOC2)CCCCCC1. The number of carbonyl (C=O) groups is 1. The average Bonchev–Trinajstić information content (AvgIpc) is 2.79. The minimum absolute atomic E-state index is 0.0567. The number of nitrogens with zero attached hydrogens (tertiary/aromatic N) is 1. The van der Waals surface area contributed by atoms with Gasteiger partial charge in [0.05, 0.1) is 12.7 Å². The van der Waals surface area contributed by atoms with Crippen LogP contribution in [0.15, 0.2) is 0 Å². The predicted molar refractivity (Wildman–Crippen MR) is 67.7 cm³/mol. The molecule has 2 fully saturated rings. The van der Waals surface area contributed by atoms with Gasteiger partial charge in [-0.15, -0.1) is 0 Å². The van der Waals surface area contributed by atoms with Crippen molar-refractivity contribution < 1.29 is 9.53 Å². The van der Waals surface area contributed by atoms with Gasteiger partial charge in [0, 0.05) is 19.1 Å². The molecule has 4 heteroatoms. The minimum atomic E-state index is -0.768. The first-order chi connectivity index (χ1) is 8.77. The highest BCUT2D eigenvalue weighted by atomic mass is 16.5. The molecule has 1 saturated carbocycles. The minimum Gasteiger partial charge on any atom is -0.381 e. The van der Waals surface area contributed by atoms with Crippen LogP contribution in [0.2, 0.25) is 0 Å². The highest BCUT2D eigenvalue weighted by Gasteiger charge is 2.38. The van der Waals surface area contributed by atoms with E-state index in [9.17, 15) is 10.1 Å². The lowest BCUT2D eigenvalue weighted by Gasteiger charge is -2.24. The zero-order valence-corrected chi connectivity index (χ0v) is 10.9. The summed E-state index contributed by atoms with van der Waals surface area (Å²) in [6.07, 6.45) is 6.73. The second-order valence-corrected chi connectivity index (χ2v) is 5.55. The summed E-state index contributed by atoms with van der Waals surface area (Å²) in [5.41, 5.74) is -0.768. The van der Waals surface area contributed by atoms with Gasteiger partial charge in [-0.05, 0) is 19.3 Å². The standard InChI is InChI=1S/C14H22N2O2/c15-11-14(6-3-1-2-4-7-14)13(17)16-9-12-5-8-18-10-12/h12H,1-10H2,(H,16,17). The maximum Gasteiger partial charge on any atom is 0.240 e. The Kier molecular flexibility index (Phi) is 4.60. The van der Waals surface area contributed by atoms with E-state index in [1.54, 1.807) is 0 Å². The molecule has 0 aromatic carbocycles. The number of amides is 1. The van der Waals surface area contributed by atoms with Gasteiger partial charge in [-0.25, -0.2) is 0 Å². The third-order valence-corrected chi connectivity index (χ3v) is 4.18. The Balaban J connectivity index is 1.89. The molecule has 1 unspecified atom stereocenters. The van der Waals surface area contributed by atoms with E-state index in [4.69, 9.17) is 4.74 Å². The maximum absolute atomic E-state index is 12.3. The van der Waals surface area contributed by atoms with E-state index in [-0.39, 0.29) is 5.91 Å². The lowest BCUT2D eigenvalue weighted by atomic mass is 9.81. The van der Waals surface area contributed by atoms with E-state index < -0.39 is 5.41 Å². The molecule has 18 heavy (non-hydrogen) atoms. The molecular weight excluding hydrogens is 228 g/mol. The molecule has 1 aliphatic carbocycles. The van der Waals surface area contributed by atoms with Crippen molar-refractivity contribution in [3.8, 4) is 6.07 Å². The Morgan fingerprint density at radius 2 is 2.06 bits per heavy atom. The van der Waals surface area contributed by atoms with Gasteiger partial charge in [0.15, 0.2) is 0 Å². The van der Waals surface area contributed by atoms with Gasteiger partial charge in [0.1, 0.15) is 5.41 Å². The highest BCUT2D eigenvalue weighted by molar-refractivity contribution is 5.85. The smallest absolute Gasteiger partial charge is 0.240 e. The van der Waals surface area contributed by atoms with E-state index in [1.165, 1.54) is 0 Å². The first kappa shape index (κ1) is 13.4. The monoisotopic (exact) mass is 250 g/mol. The van der Waals surface area contributed by atoms with Crippen LogP contribution in [0.25, 0.3) is 0 Å². The molecule has 1 N–H and O–H groups in total. The first-order valence-corrected chi connectivity index (χ1v) is 7.04. The molecule has 0 aromatic heterocycles. The Morgan fingerprint density at radius 1 is 1.33 bits per heavy atom. The van der Waals surface area contributed by atoms with E-state index >= 15 is 0 Å². The zero-order chi connectivity index (χ0) is 12.8. The van der Waals surface area contributed by atoms with Crippen LogP contribution in [-0.4, -0.2) is 25.7 Å². The predicted octanol–water partition coefficient (Wildman–Crippen LogP) is 2.00. The van der Waals surface area contributed by atoms with Crippen LogP contribution < -0.4 is 5.32 Å². The summed E-state index contributed by atoms with van der Waals surface area (Å²) in [6.45, 7) is 2.19. The van der Waals surface area contributed by atoms with E-state index in [0.29, 0.717) is 12.5 Å². The molecule has 0 aromatic rings. The summed E-state index contributed by atoms with van der Waals surface area (Å²) in [6, 6.07) is 2.29. The van der Waals surface area contributed by atoms with Crippen molar-refractivity contribution in [3.63, 3.8) is 0 Å². The van der Waals surface area contributed by atoms with Crippen molar-refractivity contribution in [2.75, 3.05) is 19.8 Å². The molecular formula is C14H22N2O2. The zero-order valence-electron chi connectivity index (χ0n) is 10.9. The number of rotatable bonds is 3. The van der Waals surface area contributed by atoms with Crippen molar-refractivity contribution >= 4 is 5.91 Å². The summed E-state index contributed by atoms with van der Waals surface area (Å²) in [4.78, 5) is 12.3. The molecule has 2 rings (SSSR count). The summed E-state index contributed by atoms with van der Waals surface area (Å²) in [5.74, 6) is 0.370. The molecule has 0 radical (unpaired) electrons. The molecule has 4 nitrogen and oxygen atoms in total. The second-order valence-electron chi connectivity index (χ2n) is 5.55. The fourth-order valence-corrected chi connectivity index (χ4v) is 2.87. The molecule has 1 heterocycles. The van der Waals surface area contributed by atoms with Crippen molar-refractivity contribution in [1.82, 2.24) is 5.32 Å². The Morgan fingerprint density at radius 3 is 2.61 bits per heavy atom. The third kappa shape index (κ3) is 3.02. The number of hydrogen-bond donors (Lipinski definition) is 1. The largest absolute Gasteiger partial charge is 0.381 e. The molecule has 100 valence electrons. The normalized spacial score (nSPS) is 27.2. The van der Waals surface area contributed by atoms with Crippen LogP contribution in [0.4, 0.5) is 0 Å². The molecule has 1 amide bonds. The van der Waals surface area contributed by atoms with Crippen molar-refractivity contribution in [2.45, 2.75) is 44.9 Å². The van der Waals surface area contributed by atoms with Gasteiger partial charge in [0.25, 0.3) is 0 Å². The lowest BCUT2D eigenvalue weighted by molar-refractivity contribution is -0.129. The fraction of sp³-hybridized carbons (Fsp3) is 0.857. The van der Waals surface area contributed by atoms with Gasteiger partial charge in [-0.3, -0.25) is 4.79 Å². The fourth-order valence-electron chi connectivity index (χ4n) is 2.87. The van der Waals surface area contributed by atoms with Crippen LogP contribution in [0.3, 0.4) is 0 Å². The van der Waals surface area contributed by atoms with Crippen molar-refractivity contribution in [1.29, 1.82) is 5.26 Å². The number of nitriles is 1. The third-order valence-electron chi connectivity index (χ3n) is 4.18. The lowest BCUT2D eigenvalue weighted by Crippen LogP contribution is -2.42. The molecule has 2 aliphatic rings. The molecule has 1 atom stereocenters. The van der Waals surface area contributed by atoms with Crippen LogP contribution in [0.1, 0.15) is 44.9 Å². The molecule has 0 bridgehead atoms. The Labute approximate surface area is 109 Å². The number of hydrogen-bond acceptors (Lipinski definition) is 3. The van der Waals surface area contributed by atoms with E-state index in [1.807, 2.05) is 0 Å². The summed E-state index contributed by atoms with van der Waals surface area (Å²) in [7, 11) is 0. The first-order valence-electron chi connectivity index (χ1n) is 7.04. The highest BCUT2D eigenvalue weighted by Crippen LogP contribution is 2.34. The topological polar surface area (TPSA) is 62.1 Å². The number of carbonyl (C=O) groups excluding carboxylic acids is 1. The van der Waals surface area contributed by atoms with E-state index in [0.717, 1.165) is 58.2 Å². The molecule has 1 saturated heterocycles. The summed E-state index contributed by atoms with van der Waals surface area (Å²) >= 11 is 0. The van der Waals surface area contributed by atoms with Gasteiger partial charge >= 0.3 is 0 Å². The van der Waals surface area contributed by atoms with E-state index in [2.05, 4.69) is 11.4 Å². The summed E-state index contributed by atoms with van der Waals surface area (Å²) in [5, 5.41) is 12.4. The average molecular weight is 250 g/mol. The van der Waals surface area contributed by atoms with Crippen LogP contribution >= 0.6 is 0 Å².